The van der Waals surface area contributed by atoms with Crippen LogP contribution in [-0.2, 0) is 0 Å². The fourth-order valence-electron chi connectivity index (χ4n) is 2.78. The molecule has 4 heteroatoms. The zero-order chi connectivity index (χ0) is 14.1. The van der Waals surface area contributed by atoms with Gasteiger partial charge in [0.2, 0.25) is 0 Å². The summed E-state index contributed by atoms with van der Waals surface area (Å²) in [5, 5.41) is 11.1. The van der Waals surface area contributed by atoms with Gasteiger partial charge < -0.3 is 4.90 Å². The highest BCUT2D eigenvalue weighted by molar-refractivity contribution is 6.32. The average molecular weight is 286 g/mol. The third kappa shape index (κ3) is 2.21. The van der Waals surface area contributed by atoms with Crippen molar-refractivity contribution >= 4 is 28.3 Å². The fraction of sp³-hybridized carbons (Fsp3) is 0.375. The van der Waals surface area contributed by atoms with Crippen LogP contribution in [0, 0.1) is 18.3 Å². The van der Waals surface area contributed by atoms with Crippen molar-refractivity contribution in [2.75, 3.05) is 18.0 Å². The molecule has 0 N–H and O–H groups in total. The largest absolute Gasteiger partial charge is 0.356 e. The monoisotopic (exact) mass is 285 g/mol. The van der Waals surface area contributed by atoms with Crippen molar-refractivity contribution in [2.45, 2.75) is 26.2 Å². The number of aromatic nitrogens is 1. The first-order valence-corrected chi connectivity index (χ1v) is 7.33. The zero-order valence-corrected chi connectivity index (χ0v) is 12.2. The van der Waals surface area contributed by atoms with Gasteiger partial charge in [0.1, 0.15) is 11.9 Å². The topological polar surface area (TPSA) is 39.9 Å². The molecule has 0 aliphatic carbocycles. The van der Waals surface area contributed by atoms with Crippen LogP contribution in [0.25, 0.3) is 10.9 Å². The quantitative estimate of drug-likeness (QED) is 0.793. The number of hydrogen-bond acceptors (Lipinski definition) is 3. The molecular weight excluding hydrogens is 270 g/mol. The second-order valence-corrected chi connectivity index (χ2v) is 5.67. The van der Waals surface area contributed by atoms with Crippen LogP contribution in [0.2, 0.25) is 5.02 Å². The number of nitrogens with zero attached hydrogens (tertiary/aromatic N) is 3. The molecule has 102 valence electrons. The Labute approximate surface area is 123 Å². The first kappa shape index (κ1) is 13.2. The van der Waals surface area contributed by atoms with Crippen LogP contribution < -0.4 is 4.90 Å². The summed E-state index contributed by atoms with van der Waals surface area (Å²) in [6.45, 7) is 3.93. The van der Waals surface area contributed by atoms with Crippen molar-refractivity contribution in [3.05, 3.63) is 34.3 Å². The average Bonchev–Trinajstić information content (AvgIpc) is 2.51. The van der Waals surface area contributed by atoms with E-state index in [1.165, 1.54) is 19.3 Å². The summed E-state index contributed by atoms with van der Waals surface area (Å²) < 4.78 is 0. The van der Waals surface area contributed by atoms with Gasteiger partial charge in [-0.1, -0.05) is 17.7 Å². The van der Waals surface area contributed by atoms with E-state index in [1.807, 2.05) is 25.1 Å². The van der Waals surface area contributed by atoms with E-state index in [0.29, 0.717) is 5.56 Å². The minimum absolute atomic E-state index is 0.654. The molecule has 0 bridgehead atoms. The minimum atomic E-state index is 0.654. The highest BCUT2D eigenvalue weighted by Crippen LogP contribution is 2.29. The highest BCUT2D eigenvalue weighted by Gasteiger charge is 2.17. The van der Waals surface area contributed by atoms with Gasteiger partial charge in [-0.05, 0) is 43.9 Å². The van der Waals surface area contributed by atoms with Crippen molar-refractivity contribution in [1.29, 1.82) is 5.26 Å². The second kappa shape index (κ2) is 5.30. The summed E-state index contributed by atoms with van der Waals surface area (Å²) in [6, 6.07) is 8.00. The maximum atomic E-state index is 9.39. The van der Waals surface area contributed by atoms with E-state index in [9.17, 15) is 5.26 Å². The van der Waals surface area contributed by atoms with Crippen molar-refractivity contribution in [2.24, 2.45) is 0 Å². The minimum Gasteiger partial charge on any atom is -0.356 e. The lowest BCUT2D eigenvalue weighted by Crippen LogP contribution is -2.30. The molecule has 3 rings (SSSR count). The number of aryl methyl sites for hydroxylation is 1. The van der Waals surface area contributed by atoms with E-state index >= 15 is 0 Å². The smallest absolute Gasteiger partial charge is 0.147 e. The molecule has 0 spiro atoms. The number of benzene rings is 1. The molecule has 0 unspecified atom stereocenters. The zero-order valence-electron chi connectivity index (χ0n) is 11.5. The van der Waals surface area contributed by atoms with Crippen molar-refractivity contribution < 1.29 is 0 Å². The Morgan fingerprint density at radius 2 is 2.00 bits per heavy atom. The predicted molar refractivity (Wildman–Crippen MR) is 82.3 cm³/mol. The molecule has 1 fully saturated rings. The van der Waals surface area contributed by atoms with Crippen molar-refractivity contribution in [3.63, 3.8) is 0 Å². The number of nitriles is 1. The molecule has 1 aliphatic heterocycles. The summed E-state index contributed by atoms with van der Waals surface area (Å²) in [5.41, 5.74) is 2.53. The molecule has 20 heavy (non-hydrogen) atoms. The summed E-state index contributed by atoms with van der Waals surface area (Å²) >= 11 is 6.18. The highest BCUT2D eigenvalue weighted by atomic mass is 35.5. The van der Waals surface area contributed by atoms with Gasteiger partial charge in [-0.15, -0.1) is 0 Å². The van der Waals surface area contributed by atoms with Crippen LogP contribution in [0.1, 0.15) is 30.4 Å². The van der Waals surface area contributed by atoms with Gasteiger partial charge in [-0.2, -0.15) is 5.26 Å². The number of piperidine rings is 1. The van der Waals surface area contributed by atoms with Crippen molar-refractivity contribution in [1.82, 2.24) is 4.98 Å². The van der Waals surface area contributed by atoms with Gasteiger partial charge in [0.15, 0.2) is 0 Å². The maximum absolute atomic E-state index is 9.39. The standard InChI is InChI=1S/C16H16ClN3/c1-11-14(17)6-5-12-9-13(10-18)16(19-15(11)12)20-7-3-2-4-8-20/h5-6,9H,2-4,7-8H2,1H3. The SMILES string of the molecule is Cc1c(Cl)ccc2cc(C#N)c(N3CCCCC3)nc12. The number of anilines is 1. The van der Waals surface area contributed by atoms with Gasteiger partial charge >= 0.3 is 0 Å². The van der Waals surface area contributed by atoms with E-state index in [4.69, 9.17) is 16.6 Å². The molecule has 1 aliphatic rings. The first-order chi connectivity index (χ1) is 9.70. The fourth-order valence-corrected chi connectivity index (χ4v) is 2.93. The number of fused-ring (bicyclic) bond motifs is 1. The molecule has 3 nitrogen and oxygen atoms in total. The Bertz CT molecular complexity index is 697. The van der Waals surface area contributed by atoms with Crippen LogP contribution in [-0.4, -0.2) is 18.1 Å². The maximum Gasteiger partial charge on any atom is 0.147 e. The van der Waals surface area contributed by atoms with E-state index in [2.05, 4.69) is 11.0 Å². The number of halogens is 1. The number of pyridine rings is 1. The Hall–Kier alpha value is -1.79. The Kier molecular flexibility index (Phi) is 3.50. The van der Waals surface area contributed by atoms with Gasteiger partial charge in [0.05, 0.1) is 11.1 Å². The summed E-state index contributed by atoms with van der Waals surface area (Å²) in [5.74, 6) is 0.810. The first-order valence-electron chi connectivity index (χ1n) is 6.95. The van der Waals surface area contributed by atoms with Crippen LogP contribution in [0.15, 0.2) is 18.2 Å². The number of rotatable bonds is 1. The summed E-state index contributed by atoms with van der Waals surface area (Å²) in [6.07, 6.45) is 3.59. The lowest BCUT2D eigenvalue weighted by atomic mass is 10.1. The molecule has 1 saturated heterocycles. The van der Waals surface area contributed by atoms with E-state index in [1.54, 1.807) is 0 Å². The Morgan fingerprint density at radius 1 is 1.25 bits per heavy atom. The van der Waals surface area contributed by atoms with Crippen LogP contribution in [0.5, 0.6) is 0 Å². The van der Waals surface area contributed by atoms with Crippen molar-refractivity contribution in [3.8, 4) is 6.07 Å². The summed E-state index contributed by atoms with van der Waals surface area (Å²) in [4.78, 5) is 6.97. The lowest BCUT2D eigenvalue weighted by molar-refractivity contribution is 0.573. The Morgan fingerprint density at radius 3 is 2.70 bits per heavy atom. The van der Waals surface area contributed by atoms with E-state index in [-0.39, 0.29) is 0 Å². The molecule has 0 saturated carbocycles. The van der Waals surface area contributed by atoms with Gasteiger partial charge in [-0.3, -0.25) is 0 Å². The summed E-state index contributed by atoms with van der Waals surface area (Å²) in [7, 11) is 0. The molecule has 1 aromatic heterocycles. The molecule has 0 amide bonds. The lowest BCUT2D eigenvalue weighted by Gasteiger charge is -2.28. The van der Waals surface area contributed by atoms with Gasteiger partial charge in [0, 0.05) is 23.5 Å². The molecule has 2 aromatic rings. The normalized spacial score (nSPS) is 15.3. The molecule has 1 aromatic carbocycles. The molecule has 0 atom stereocenters. The second-order valence-electron chi connectivity index (χ2n) is 5.26. The van der Waals surface area contributed by atoms with Gasteiger partial charge in [-0.25, -0.2) is 4.98 Å². The van der Waals surface area contributed by atoms with Crippen LogP contribution in [0.4, 0.5) is 5.82 Å². The molecule has 2 heterocycles. The van der Waals surface area contributed by atoms with Crippen LogP contribution in [0.3, 0.4) is 0 Å². The predicted octanol–water partition coefficient (Wildman–Crippen LogP) is 4.06. The van der Waals surface area contributed by atoms with Gasteiger partial charge in [0.25, 0.3) is 0 Å². The third-order valence-corrected chi connectivity index (χ3v) is 4.34. The third-order valence-electron chi connectivity index (χ3n) is 3.93. The van der Waals surface area contributed by atoms with E-state index in [0.717, 1.165) is 40.4 Å². The van der Waals surface area contributed by atoms with Crippen LogP contribution >= 0.6 is 11.6 Å². The van der Waals surface area contributed by atoms with E-state index < -0.39 is 0 Å². The Balaban J connectivity index is 2.19. The molecular formula is C16H16ClN3. The number of hydrogen-bond donors (Lipinski definition) is 0. The molecule has 0 radical (unpaired) electrons.